The molecule has 4 heteroatoms. The first kappa shape index (κ1) is 11.4. The summed E-state index contributed by atoms with van der Waals surface area (Å²) < 4.78 is 0. The van der Waals surface area contributed by atoms with E-state index in [1.54, 1.807) is 0 Å². The van der Waals surface area contributed by atoms with Gasteiger partial charge in [0.25, 0.3) is 0 Å². The molecule has 0 aliphatic heterocycles. The van der Waals surface area contributed by atoms with Gasteiger partial charge >= 0.3 is 82.7 Å². The zero-order valence-corrected chi connectivity index (χ0v) is 9.97. The predicted molar refractivity (Wildman–Crippen MR) is 52.3 cm³/mol. The van der Waals surface area contributed by atoms with Crippen molar-refractivity contribution in [2.45, 2.75) is 15.6 Å². The van der Waals surface area contributed by atoms with Crippen LogP contribution in [0.1, 0.15) is 0 Å². The summed E-state index contributed by atoms with van der Waals surface area (Å²) in [6.07, 6.45) is 0. The van der Waals surface area contributed by atoms with Crippen molar-refractivity contribution >= 4 is 49.5 Å². The molecule has 0 bridgehead atoms. The second kappa shape index (κ2) is 8.52. The number of halogens is 3. The third-order valence-corrected chi connectivity index (χ3v) is 8.88. The van der Waals surface area contributed by atoms with Gasteiger partial charge in [0.05, 0.1) is 0 Å². The number of rotatable bonds is 6. The fourth-order valence-electron chi connectivity index (χ4n) is 0.694. The van der Waals surface area contributed by atoms with Crippen LogP contribution in [-0.2, 0) is 0 Å². The quantitative estimate of drug-likeness (QED) is 0.511. The Morgan fingerprint density at radius 2 is 1.00 bits per heavy atom. The molecule has 0 N–H and O–H groups in total. The van der Waals surface area contributed by atoms with Crippen LogP contribution in [0.3, 0.4) is 0 Å². The van der Waals surface area contributed by atoms with Gasteiger partial charge in [0.15, 0.2) is 0 Å². The Balaban J connectivity index is 3.30. The normalized spacial score (nSPS) is 10.8. The zero-order valence-electron chi connectivity index (χ0n) is 5.82. The first-order valence-corrected chi connectivity index (χ1v) is 8.83. The number of hydrogen-bond acceptors (Lipinski definition) is 0. The van der Waals surface area contributed by atoms with Crippen molar-refractivity contribution in [3.63, 3.8) is 0 Å². The first-order chi connectivity index (χ1) is 4.85. The molecule has 0 rings (SSSR count). The summed E-state index contributed by atoms with van der Waals surface area (Å²) >= 11 is 16.2. The van der Waals surface area contributed by atoms with E-state index < -0.39 is 14.7 Å². The third-order valence-electron chi connectivity index (χ3n) is 1.20. The summed E-state index contributed by atoms with van der Waals surface area (Å²) in [5.74, 6) is 2.36. The molecule has 0 aromatic carbocycles. The van der Waals surface area contributed by atoms with E-state index in [9.17, 15) is 0 Å². The molecule has 0 fully saturated rings. The summed E-state index contributed by atoms with van der Waals surface area (Å²) in [4.78, 5) is 0. The Kier molecular flexibility index (Phi) is 9.74. The van der Waals surface area contributed by atoms with E-state index in [2.05, 4.69) is 0 Å². The fraction of sp³-hybridized carbons (Fsp3) is 1.00. The topological polar surface area (TPSA) is 0 Å². The minimum atomic E-state index is -0.693. The van der Waals surface area contributed by atoms with Crippen LogP contribution in [0.4, 0.5) is 0 Å². The van der Waals surface area contributed by atoms with Gasteiger partial charge in [-0.1, -0.05) is 0 Å². The van der Waals surface area contributed by atoms with Crippen molar-refractivity contribution in [2.24, 2.45) is 0 Å². The second-order valence-corrected chi connectivity index (χ2v) is 8.67. The van der Waals surface area contributed by atoms with Gasteiger partial charge in [-0.3, -0.25) is 0 Å². The molecule has 10 heavy (non-hydrogen) atoms. The van der Waals surface area contributed by atoms with Crippen LogP contribution < -0.4 is 0 Å². The average Bonchev–Trinajstić information content (AvgIpc) is 1.90. The molecule has 0 radical (unpaired) electrons. The Labute approximate surface area is 82.5 Å². The fourth-order valence-corrected chi connectivity index (χ4v) is 7.33. The van der Waals surface area contributed by atoms with Crippen molar-refractivity contribution < 1.29 is 0 Å². The van der Waals surface area contributed by atoms with E-state index in [1.165, 1.54) is 15.6 Å². The van der Waals surface area contributed by atoms with Crippen LogP contribution in [0, 0.1) is 0 Å². The van der Waals surface area contributed by atoms with E-state index in [4.69, 9.17) is 34.8 Å². The molecule has 0 aliphatic rings. The van der Waals surface area contributed by atoms with Gasteiger partial charge in [0.1, 0.15) is 0 Å². The SMILES string of the molecule is ClCC[As](CCCl)CCCl. The Hall–Kier alpha value is 1.43. The van der Waals surface area contributed by atoms with Crippen molar-refractivity contribution in [1.29, 1.82) is 0 Å². The minimum absolute atomic E-state index is 0.693. The maximum atomic E-state index is 5.62. The third kappa shape index (κ3) is 6.16. The molecule has 0 unspecified atom stereocenters. The molecule has 0 heterocycles. The van der Waals surface area contributed by atoms with E-state index in [0.29, 0.717) is 0 Å². The van der Waals surface area contributed by atoms with Gasteiger partial charge in [-0.2, -0.15) is 0 Å². The van der Waals surface area contributed by atoms with E-state index in [1.807, 2.05) is 0 Å². The molecule has 0 saturated heterocycles. The molecular formula is C6H12AsCl3. The second-order valence-electron chi connectivity index (χ2n) is 1.91. The van der Waals surface area contributed by atoms with E-state index in [-0.39, 0.29) is 0 Å². The van der Waals surface area contributed by atoms with Crippen LogP contribution in [-0.4, -0.2) is 32.3 Å². The summed E-state index contributed by atoms with van der Waals surface area (Å²) in [5, 5.41) is 3.57. The van der Waals surface area contributed by atoms with Crippen LogP contribution in [0.5, 0.6) is 0 Å². The number of hydrogen-bond donors (Lipinski definition) is 0. The Morgan fingerprint density at radius 1 is 0.700 bits per heavy atom. The van der Waals surface area contributed by atoms with Gasteiger partial charge < -0.3 is 0 Å². The van der Waals surface area contributed by atoms with Gasteiger partial charge in [-0.15, -0.1) is 0 Å². The molecule has 0 nitrogen and oxygen atoms in total. The van der Waals surface area contributed by atoms with Gasteiger partial charge in [0.2, 0.25) is 0 Å². The monoisotopic (exact) mass is 264 g/mol. The van der Waals surface area contributed by atoms with Crippen molar-refractivity contribution in [1.82, 2.24) is 0 Å². The van der Waals surface area contributed by atoms with Crippen molar-refractivity contribution in [2.75, 3.05) is 17.6 Å². The molecule has 0 saturated carbocycles. The molecule has 0 aromatic rings. The Morgan fingerprint density at radius 3 is 1.20 bits per heavy atom. The van der Waals surface area contributed by atoms with Crippen LogP contribution in [0.25, 0.3) is 0 Å². The molecule has 0 aliphatic carbocycles. The van der Waals surface area contributed by atoms with Crippen LogP contribution in [0.15, 0.2) is 0 Å². The van der Waals surface area contributed by atoms with E-state index >= 15 is 0 Å². The molecule has 0 amide bonds. The summed E-state index contributed by atoms with van der Waals surface area (Å²) in [5.41, 5.74) is 0. The predicted octanol–water partition coefficient (Wildman–Crippen LogP) is 3.20. The van der Waals surface area contributed by atoms with Crippen molar-refractivity contribution in [3.8, 4) is 0 Å². The van der Waals surface area contributed by atoms with Gasteiger partial charge in [-0.05, 0) is 0 Å². The maximum absolute atomic E-state index is 5.62. The van der Waals surface area contributed by atoms with Gasteiger partial charge in [0, 0.05) is 0 Å². The number of alkyl halides is 3. The Bertz CT molecular complexity index is 55.7. The standard InChI is InChI=1S/C6H12AsCl3/c8-4-1-7(2-5-9)3-6-10/h1-6H2. The summed E-state index contributed by atoms with van der Waals surface area (Å²) in [6, 6.07) is 0. The first-order valence-electron chi connectivity index (χ1n) is 3.25. The zero-order chi connectivity index (χ0) is 7.82. The summed E-state index contributed by atoms with van der Waals surface area (Å²) in [6.45, 7) is 0. The van der Waals surface area contributed by atoms with Crippen LogP contribution >= 0.6 is 34.8 Å². The van der Waals surface area contributed by atoms with Crippen LogP contribution in [0.2, 0.25) is 15.6 Å². The van der Waals surface area contributed by atoms with E-state index in [0.717, 1.165) is 17.6 Å². The average molecular weight is 265 g/mol. The molecule has 62 valence electrons. The van der Waals surface area contributed by atoms with Gasteiger partial charge in [-0.25, -0.2) is 0 Å². The molecular weight excluding hydrogens is 253 g/mol. The molecule has 0 spiro atoms. The summed E-state index contributed by atoms with van der Waals surface area (Å²) in [7, 11) is 0. The van der Waals surface area contributed by atoms with Crippen molar-refractivity contribution in [3.05, 3.63) is 0 Å². The molecule has 0 aromatic heterocycles. The molecule has 0 atom stereocenters.